The van der Waals surface area contributed by atoms with Gasteiger partial charge in [-0.1, -0.05) is 11.6 Å². The molecule has 2 aromatic rings. The second kappa shape index (κ2) is 6.46. The number of hydrogen-bond donors (Lipinski definition) is 0. The Bertz CT molecular complexity index is 395. The summed E-state index contributed by atoms with van der Waals surface area (Å²) >= 11 is 0. The van der Waals surface area contributed by atoms with Crippen molar-refractivity contribution < 1.29 is 51.4 Å². The Morgan fingerprint density at radius 2 is 1.73 bits per heavy atom. The van der Waals surface area contributed by atoms with Gasteiger partial charge in [-0.3, -0.25) is 4.98 Å². The molecular weight excluding hydrogens is 209 g/mol. The first kappa shape index (κ1) is 12.9. The molecule has 0 atom stereocenters. The van der Waals surface area contributed by atoms with Gasteiger partial charge in [-0.05, 0) is 12.1 Å². The fourth-order valence-corrected chi connectivity index (χ4v) is 1.37. The second-order valence-corrected chi connectivity index (χ2v) is 3.31. The van der Waals surface area contributed by atoms with E-state index in [9.17, 15) is 0 Å². The van der Waals surface area contributed by atoms with Gasteiger partial charge in [0.05, 0.1) is 0 Å². The minimum atomic E-state index is 0. The quantitative estimate of drug-likeness (QED) is 0.508. The molecule has 1 nitrogen and oxygen atoms in total. The fourth-order valence-electron chi connectivity index (χ4n) is 1.37. The molecule has 0 amide bonds. The summed E-state index contributed by atoms with van der Waals surface area (Å²) in [6, 6.07) is 14.2. The molecule has 1 aromatic carbocycles. The zero-order valence-corrected chi connectivity index (χ0v) is 12.1. The van der Waals surface area contributed by atoms with Crippen LogP contribution in [-0.4, -0.2) is 4.98 Å². The van der Waals surface area contributed by atoms with Gasteiger partial charge in [-0.15, -0.1) is 12.1 Å². The van der Waals surface area contributed by atoms with Crippen LogP contribution in [0.5, 0.6) is 0 Å². The minimum Gasteiger partial charge on any atom is -0.261 e. The molecule has 15 heavy (non-hydrogen) atoms. The maximum absolute atomic E-state index is 4.28. The molecule has 0 aliphatic carbocycles. The number of benzene rings is 1. The van der Waals surface area contributed by atoms with E-state index in [2.05, 4.69) is 24.0 Å². The molecule has 0 saturated heterocycles. The van der Waals surface area contributed by atoms with Crippen LogP contribution in [0.1, 0.15) is 16.8 Å². The number of nitrogens with zero attached hydrogens (tertiary/aromatic N) is 1. The van der Waals surface area contributed by atoms with Gasteiger partial charge in [-0.2, -0.15) is 24.6 Å². The average Bonchev–Trinajstić information content (AvgIpc) is 2.23. The summed E-state index contributed by atoms with van der Waals surface area (Å²) in [5, 5.41) is 0. The average molecular weight is 221 g/mol. The number of hydrogen-bond acceptors (Lipinski definition) is 1. The van der Waals surface area contributed by atoms with Crippen LogP contribution < -0.4 is 51.4 Å². The van der Waals surface area contributed by atoms with Crippen molar-refractivity contribution in [2.75, 3.05) is 0 Å². The monoisotopic (exact) mass is 221 g/mol. The second-order valence-electron chi connectivity index (χ2n) is 3.31. The topological polar surface area (TPSA) is 12.9 Å². The molecule has 0 unspecified atom stereocenters. The van der Waals surface area contributed by atoms with Crippen molar-refractivity contribution in [3.63, 3.8) is 0 Å². The van der Waals surface area contributed by atoms with Gasteiger partial charge in [0.1, 0.15) is 0 Å². The maximum atomic E-state index is 4.28. The third-order valence-electron chi connectivity index (χ3n) is 2.13. The standard InChI is InChI=1S/C13H12N.K/c1-11-5-7-12(8-6-11)10-13-4-2-3-9-14-13;/h2-9H,1,10H2;/q-1;+1. The molecule has 0 radical (unpaired) electrons. The summed E-state index contributed by atoms with van der Waals surface area (Å²) in [5.41, 5.74) is 3.43. The first-order valence-corrected chi connectivity index (χ1v) is 4.65. The van der Waals surface area contributed by atoms with Gasteiger partial charge >= 0.3 is 51.4 Å². The van der Waals surface area contributed by atoms with Crippen molar-refractivity contribution in [1.29, 1.82) is 0 Å². The van der Waals surface area contributed by atoms with Crippen molar-refractivity contribution >= 4 is 0 Å². The Morgan fingerprint density at radius 1 is 1.00 bits per heavy atom. The normalized spacial score (nSPS) is 9.33. The molecule has 70 valence electrons. The van der Waals surface area contributed by atoms with E-state index < -0.39 is 0 Å². The summed E-state index contributed by atoms with van der Waals surface area (Å²) in [6.45, 7) is 3.85. The zero-order chi connectivity index (χ0) is 9.80. The summed E-state index contributed by atoms with van der Waals surface area (Å²) in [7, 11) is 0. The molecule has 1 aromatic heterocycles. The molecule has 0 aliphatic heterocycles. The van der Waals surface area contributed by atoms with Crippen molar-refractivity contribution in [1.82, 2.24) is 4.98 Å². The Morgan fingerprint density at radius 3 is 2.33 bits per heavy atom. The van der Waals surface area contributed by atoms with Crippen molar-refractivity contribution in [2.45, 2.75) is 6.42 Å². The SMILES string of the molecule is [CH2-]c1ccc(Cc2ccccn2)cc1.[K+]. The van der Waals surface area contributed by atoms with Crippen LogP contribution in [0, 0.1) is 6.92 Å². The van der Waals surface area contributed by atoms with Crippen molar-refractivity contribution in [3.05, 3.63) is 72.4 Å². The number of pyridine rings is 1. The van der Waals surface area contributed by atoms with Crippen LogP contribution in [0.4, 0.5) is 0 Å². The van der Waals surface area contributed by atoms with E-state index in [0.717, 1.165) is 17.7 Å². The van der Waals surface area contributed by atoms with Crippen LogP contribution in [0.3, 0.4) is 0 Å². The summed E-state index contributed by atoms with van der Waals surface area (Å²) in [6.07, 6.45) is 2.71. The van der Waals surface area contributed by atoms with Crippen LogP contribution in [-0.2, 0) is 6.42 Å². The van der Waals surface area contributed by atoms with Gasteiger partial charge in [0.2, 0.25) is 0 Å². The van der Waals surface area contributed by atoms with E-state index >= 15 is 0 Å². The largest absolute Gasteiger partial charge is 1.00 e. The Labute approximate surface area is 133 Å². The maximum Gasteiger partial charge on any atom is 1.00 e. The van der Waals surface area contributed by atoms with E-state index in [1.807, 2.05) is 36.5 Å². The van der Waals surface area contributed by atoms with Crippen LogP contribution in [0.2, 0.25) is 0 Å². The van der Waals surface area contributed by atoms with E-state index in [1.54, 1.807) is 0 Å². The van der Waals surface area contributed by atoms with E-state index in [0.29, 0.717) is 0 Å². The third kappa shape index (κ3) is 4.09. The predicted molar refractivity (Wildman–Crippen MR) is 57.9 cm³/mol. The Hall–Kier alpha value is -0.124. The summed E-state index contributed by atoms with van der Waals surface area (Å²) in [5.74, 6) is 0. The van der Waals surface area contributed by atoms with Crippen LogP contribution in [0.15, 0.2) is 48.7 Å². The Kier molecular flexibility index (Phi) is 5.57. The van der Waals surface area contributed by atoms with Crippen molar-refractivity contribution in [3.8, 4) is 0 Å². The molecule has 0 N–H and O–H groups in total. The molecule has 1 heterocycles. The first-order valence-electron chi connectivity index (χ1n) is 4.65. The Balaban J connectivity index is 0.00000112. The van der Waals surface area contributed by atoms with Gasteiger partial charge in [0, 0.05) is 18.3 Å². The molecule has 0 bridgehead atoms. The fraction of sp³-hybridized carbons (Fsp3) is 0.0769. The summed E-state index contributed by atoms with van der Waals surface area (Å²) < 4.78 is 0. The molecule has 0 fully saturated rings. The van der Waals surface area contributed by atoms with E-state index in [4.69, 9.17) is 0 Å². The number of rotatable bonds is 2. The van der Waals surface area contributed by atoms with Gasteiger partial charge < -0.3 is 0 Å². The van der Waals surface area contributed by atoms with Gasteiger partial charge in [-0.25, -0.2) is 0 Å². The summed E-state index contributed by atoms with van der Waals surface area (Å²) in [4.78, 5) is 4.28. The minimum absolute atomic E-state index is 0. The predicted octanol–water partition coefficient (Wildman–Crippen LogP) is -0.141. The smallest absolute Gasteiger partial charge is 0.261 e. The molecule has 2 heteroatoms. The third-order valence-corrected chi connectivity index (χ3v) is 2.13. The molecular formula is C13H12KN. The van der Waals surface area contributed by atoms with E-state index in [-0.39, 0.29) is 51.4 Å². The van der Waals surface area contributed by atoms with Crippen LogP contribution >= 0.6 is 0 Å². The zero-order valence-electron chi connectivity index (χ0n) is 8.98. The molecule has 2 rings (SSSR count). The van der Waals surface area contributed by atoms with E-state index in [1.165, 1.54) is 5.56 Å². The number of aromatic nitrogens is 1. The van der Waals surface area contributed by atoms with Crippen LogP contribution in [0.25, 0.3) is 0 Å². The first-order chi connectivity index (χ1) is 6.84. The molecule has 0 spiro atoms. The van der Waals surface area contributed by atoms with Gasteiger partial charge in [0.25, 0.3) is 0 Å². The van der Waals surface area contributed by atoms with Crippen molar-refractivity contribution in [2.24, 2.45) is 0 Å². The van der Waals surface area contributed by atoms with Gasteiger partial charge in [0.15, 0.2) is 0 Å². The molecule has 0 aliphatic rings. The molecule has 0 saturated carbocycles.